The van der Waals surface area contributed by atoms with Gasteiger partial charge in [-0.2, -0.15) is 0 Å². The lowest BCUT2D eigenvalue weighted by Gasteiger charge is -2.16. The van der Waals surface area contributed by atoms with Crippen molar-refractivity contribution >= 4 is 16.7 Å². The van der Waals surface area contributed by atoms with Crippen LogP contribution in [-0.4, -0.2) is 9.55 Å². The van der Waals surface area contributed by atoms with E-state index in [1.807, 2.05) is 28.8 Å². The molecular weight excluding hydrogens is 262 g/mol. The molecule has 4 nitrogen and oxygen atoms in total. The average molecular weight is 279 g/mol. The highest BCUT2D eigenvalue weighted by Crippen LogP contribution is 2.49. The maximum Gasteiger partial charge on any atom is 0.326 e. The summed E-state index contributed by atoms with van der Waals surface area (Å²) >= 11 is 0. The highest BCUT2D eigenvalue weighted by atomic mass is 16.1. The normalized spacial score (nSPS) is 16.2. The molecule has 1 fully saturated rings. The number of aromatic nitrogens is 2. The molecule has 1 saturated carbocycles. The monoisotopic (exact) mass is 279 g/mol. The number of nitrogen functional groups attached to an aromatic ring is 1. The number of nitrogens with zero attached hydrogens (tertiary/aromatic N) is 1. The topological polar surface area (TPSA) is 63.8 Å². The molecule has 4 heteroatoms. The Morgan fingerprint density at radius 1 is 1.14 bits per heavy atom. The first-order valence-corrected chi connectivity index (χ1v) is 7.22. The number of anilines is 1. The van der Waals surface area contributed by atoms with E-state index in [9.17, 15) is 4.79 Å². The van der Waals surface area contributed by atoms with Crippen LogP contribution in [-0.2, 0) is 12.0 Å². The van der Waals surface area contributed by atoms with Crippen molar-refractivity contribution in [2.75, 3.05) is 5.73 Å². The molecule has 3 aromatic rings. The lowest BCUT2D eigenvalue weighted by molar-refractivity contribution is 0.547. The van der Waals surface area contributed by atoms with Gasteiger partial charge in [-0.15, -0.1) is 0 Å². The van der Waals surface area contributed by atoms with Crippen LogP contribution < -0.4 is 11.4 Å². The van der Waals surface area contributed by atoms with E-state index < -0.39 is 0 Å². The molecule has 4 rings (SSSR count). The zero-order chi connectivity index (χ0) is 14.4. The number of aromatic amines is 1. The van der Waals surface area contributed by atoms with E-state index in [0.29, 0.717) is 12.2 Å². The summed E-state index contributed by atoms with van der Waals surface area (Å²) in [6.07, 6.45) is 2.25. The Morgan fingerprint density at radius 3 is 2.62 bits per heavy atom. The molecule has 0 aliphatic heterocycles. The van der Waals surface area contributed by atoms with Gasteiger partial charge in [-0.1, -0.05) is 30.3 Å². The Labute approximate surface area is 122 Å². The van der Waals surface area contributed by atoms with Crippen molar-refractivity contribution in [1.29, 1.82) is 0 Å². The summed E-state index contributed by atoms with van der Waals surface area (Å²) in [6.45, 7) is 0.708. The van der Waals surface area contributed by atoms with Gasteiger partial charge in [0, 0.05) is 17.6 Å². The maximum atomic E-state index is 12.3. The van der Waals surface area contributed by atoms with Gasteiger partial charge in [-0.25, -0.2) is 4.79 Å². The van der Waals surface area contributed by atoms with Crippen LogP contribution in [0.15, 0.2) is 53.3 Å². The molecule has 0 unspecified atom stereocenters. The van der Waals surface area contributed by atoms with Gasteiger partial charge in [-0.05, 0) is 36.6 Å². The minimum atomic E-state index is -0.0576. The summed E-state index contributed by atoms with van der Waals surface area (Å²) in [5.41, 5.74) is 9.64. The number of hydrogen-bond donors (Lipinski definition) is 2. The predicted molar refractivity (Wildman–Crippen MR) is 84.3 cm³/mol. The van der Waals surface area contributed by atoms with Crippen LogP contribution in [0.3, 0.4) is 0 Å². The van der Waals surface area contributed by atoms with Crippen molar-refractivity contribution in [2.24, 2.45) is 0 Å². The molecule has 0 amide bonds. The van der Waals surface area contributed by atoms with Crippen molar-refractivity contribution in [3.8, 4) is 0 Å². The lowest BCUT2D eigenvalue weighted by atomic mass is 9.96. The average Bonchev–Trinajstić information content (AvgIpc) is 3.22. The number of benzene rings is 2. The molecule has 0 atom stereocenters. The highest BCUT2D eigenvalue weighted by molar-refractivity contribution is 5.79. The number of rotatable bonds is 3. The lowest BCUT2D eigenvalue weighted by Crippen LogP contribution is -2.24. The third-order valence-corrected chi connectivity index (χ3v) is 4.50. The first-order valence-electron chi connectivity index (χ1n) is 7.22. The van der Waals surface area contributed by atoms with Crippen molar-refractivity contribution in [3.05, 3.63) is 64.6 Å². The van der Waals surface area contributed by atoms with Crippen LogP contribution in [0.4, 0.5) is 5.69 Å². The van der Waals surface area contributed by atoms with E-state index in [2.05, 4.69) is 29.2 Å². The van der Waals surface area contributed by atoms with Crippen molar-refractivity contribution in [1.82, 2.24) is 9.55 Å². The largest absolute Gasteiger partial charge is 0.399 e. The predicted octanol–water partition coefficient (Wildman–Crippen LogP) is 2.64. The zero-order valence-corrected chi connectivity index (χ0v) is 11.7. The maximum absolute atomic E-state index is 12.3. The number of hydrogen-bond acceptors (Lipinski definition) is 2. The van der Waals surface area contributed by atoms with E-state index in [1.54, 1.807) is 0 Å². The van der Waals surface area contributed by atoms with Crippen LogP contribution in [0.5, 0.6) is 0 Å². The summed E-state index contributed by atoms with van der Waals surface area (Å²) < 4.78 is 1.83. The summed E-state index contributed by atoms with van der Waals surface area (Å²) in [7, 11) is 0. The van der Waals surface area contributed by atoms with E-state index in [1.165, 1.54) is 5.56 Å². The minimum absolute atomic E-state index is 0.0576. The van der Waals surface area contributed by atoms with Crippen LogP contribution in [0.25, 0.3) is 11.0 Å². The van der Waals surface area contributed by atoms with Crippen molar-refractivity contribution in [3.63, 3.8) is 0 Å². The Hall–Kier alpha value is -2.49. The molecule has 3 N–H and O–H groups in total. The van der Waals surface area contributed by atoms with Gasteiger partial charge < -0.3 is 10.7 Å². The molecule has 0 spiro atoms. The van der Waals surface area contributed by atoms with Gasteiger partial charge in [-0.3, -0.25) is 4.57 Å². The van der Waals surface area contributed by atoms with Crippen LogP contribution in [0.1, 0.15) is 18.4 Å². The SMILES string of the molecule is Nc1ccc2[nH]c(=O)n(CC3(c4ccccc4)CC3)c2c1. The highest BCUT2D eigenvalue weighted by Gasteiger charge is 2.44. The van der Waals surface area contributed by atoms with Gasteiger partial charge >= 0.3 is 5.69 Å². The van der Waals surface area contributed by atoms with Crippen LogP contribution in [0, 0.1) is 0 Å². The fourth-order valence-electron chi connectivity index (χ4n) is 3.11. The third kappa shape index (κ3) is 1.95. The van der Waals surface area contributed by atoms with Gasteiger partial charge in [0.25, 0.3) is 0 Å². The Balaban J connectivity index is 1.80. The summed E-state index contributed by atoms with van der Waals surface area (Å²) in [4.78, 5) is 15.2. The van der Waals surface area contributed by atoms with Gasteiger partial charge in [0.2, 0.25) is 0 Å². The van der Waals surface area contributed by atoms with E-state index >= 15 is 0 Å². The second-order valence-electron chi connectivity index (χ2n) is 5.94. The number of fused-ring (bicyclic) bond motifs is 1. The van der Waals surface area contributed by atoms with E-state index in [4.69, 9.17) is 5.73 Å². The second kappa shape index (κ2) is 4.25. The molecule has 21 heavy (non-hydrogen) atoms. The zero-order valence-electron chi connectivity index (χ0n) is 11.7. The fourth-order valence-corrected chi connectivity index (χ4v) is 3.11. The Morgan fingerprint density at radius 2 is 1.90 bits per heavy atom. The standard InChI is InChI=1S/C17H17N3O/c18-13-6-7-14-15(10-13)20(16(21)19-14)11-17(8-9-17)12-4-2-1-3-5-12/h1-7,10H,8-9,11,18H2,(H,19,21). The number of H-pyrrole nitrogens is 1. The first-order chi connectivity index (χ1) is 10.2. The molecule has 0 radical (unpaired) electrons. The minimum Gasteiger partial charge on any atom is -0.399 e. The molecule has 1 aromatic heterocycles. The van der Waals surface area contributed by atoms with E-state index in [-0.39, 0.29) is 11.1 Å². The summed E-state index contributed by atoms with van der Waals surface area (Å²) in [5.74, 6) is 0. The van der Waals surface area contributed by atoms with Crippen LogP contribution in [0.2, 0.25) is 0 Å². The molecule has 2 aromatic carbocycles. The van der Waals surface area contributed by atoms with Crippen molar-refractivity contribution in [2.45, 2.75) is 24.8 Å². The van der Waals surface area contributed by atoms with Crippen LogP contribution >= 0.6 is 0 Å². The van der Waals surface area contributed by atoms with Gasteiger partial charge in [0.1, 0.15) is 0 Å². The summed E-state index contributed by atoms with van der Waals surface area (Å²) in [6, 6.07) is 16.0. The molecule has 106 valence electrons. The van der Waals surface area contributed by atoms with Gasteiger partial charge in [0.05, 0.1) is 11.0 Å². The molecule has 1 aliphatic rings. The second-order valence-corrected chi connectivity index (χ2v) is 5.94. The van der Waals surface area contributed by atoms with Crippen molar-refractivity contribution < 1.29 is 0 Å². The molecule has 0 bridgehead atoms. The van der Waals surface area contributed by atoms with E-state index in [0.717, 1.165) is 23.9 Å². The molecule has 1 aliphatic carbocycles. The number of nitrogens with one attached hydrogen (secondary N) is 1. The Kier molecular flexibility index (Phi) is 2.48. The first kappa shape index (κ1) is 12.3. The number of nitrogens with two attached hydrogens (primary N) is 1. The smallest absolute Gasteiger partial charge is 0.326 e. The van der Waals surface area contributed by atoms with Gasteiger partial charge in [0.15, 0.2) is 0 Å². The molecule has 1 heterocycles. The third-order valence-electron chi connectivity index (χ3n) is 4.50. The Bertz CT molecular complexity index is 857. The quantitative estimate of drug-likeness (QED) is 0.724. The fraction of sp³-hybridized carbons (Fsp3) is 0.235. The number of imidazole rings is 1. The summed E-state index contributed by atoms with van der Waals surface area (Å²) in [5, 5.41) is 0. The molecular formula is C17H17N3O. The molecule has 0 saturated heterocycles.